The molecule has 2 atom stereocenters. The number of hydrogen-bond donors (Lipinski definition) is 1. The number of hydrogen-bond acceptors (Lipinski definition) is 3. The van der Waals surface area contributed by atoms with Crippen LogP contribution in [0.1, 0.15) is 25.7 Å². The molecule has 4 heteroatoms. The van der Waals surface area contributed by atoms with Crippen LogP contribution in [0.3, 0.4) is 0 Å². The number of halogens is 1. The molecular formula is C13H18BrN3. The molecule has 17 heavy (non-hydrogen) atoms. The van der Waals surface area contributed by atoms with E-state index in [9.17, 15) is 0 Å². The maximum Gasteiger partial charge on any atom is 0.129 e. The van der Waals surface area contributed by atoms with Gasteiger partial charge in [-0.2, -0.15) is 0 Å². The number of nitrogens with one attached hydrogen (secondary N) is 1. The number of anilines is 1. The molecule has 1 N–H and O–H groups in total. The molecule has 1 aromatic heterocycles. The zero-order chi connectivity index (χ0) is 11.7. The molecule has 0 saturated carbocycles. The lowest BCUT2D eigenvalue weighted by molar-refractivity contribution is 0.192. The van der Waals surface area contributed by atoms with E-state index in [2.05, 4.69) is 37.2 Å². The quantitative estimate of drug-likeness (QED) is 0.851. The van der Waals surface area contributed by atoms with Crippen LogP contribution in [0, 0.1) is 0 Å². The summed E-state index contributed by atoms with van der Waals surface area (Å²) in [5, 5.41) is 3.66. The van der Waals surface area contributed by atoms with Crippen molar-refractivity contribution < 1.29 is 0 Å². The van der Waals surface area contributed by atoms with Crippen molar-refractivity contribution in [2.24, 2.45) is 0 Å². The van der Waals surface area contributed by atoms with E-state index < -0.39 is 0 Å². The van der Waals surface area contributed by atoms with Crippen LogP contribution < -0.4 is 5.32 Å². The number of rotatable bonds is 2. The summed E-state index contributed by atoms with van der Waals surface area (Å²) < 4.78 is 0.925. The van der Waals surface area contributed by atoms with Gasteiger partial charge in [0.2, 0.25) is 0 Å². The summed E-state index contributed by atoms with van der Waals surface area (Å²) in [5.41, 5.74) is 1.13. The first kappa shape index (κ1) is 11.5. The Morgan fingerprint density at radius 2 is 2.24 bits per heavy atom. The van der Waals surface area contributed by atoms with Gasteiger partial charge >= 0.3 is 0 Å². The largest absolute Gasteiger partial charge is 0.378 e. The maximum atomic E-state index is 4.27. The molecule has 0 spiro atoms. The van der Waals surface area contributed by atoms with Crippen LogP contribution in [-0.4, -0.2) is 35.1 Å². The third kappa shape index (κ3) is 2.33. The molecule has 3 rings (SSSR count). The van der Waals surface area contributed by atoms with Crippen molar-refractivity contribution in [1.82, 2.24) is 9.88 Å². The van der Waals surface area contributed by atoms with E-state index in [-0.39, 0.29) is 0 Å². The SMILES string of the molecule is Brc1ncccc1NC1CCN2CCCCC12. The molecule has 0 aromatic carbocycles. The standard InChI is InChI=1S/C13H18BrN3/c14-13-11(4-3-7-15-13)16-10-6-9-17-8-2-1-5-12(10)17/h3-4,7,10,12,16H,1-2,5-6,8-9H2. The molecule has 3 heterocycles. The van der Waals surface area contributed by atoms with Gasteiger partial charge in [0.25, 0.3) is 0 Å². The zero-order valence-corrected chi connectivity index (χ0v) is 11.5. The number of pyridine rings is 1. The smallest absolute Gasteiger partial charge is 0.129 e. The third-order valence-electron chi connectivity index (χ3n) is 3.96. The van der Waals surface area contributed by atoms with E-state index in [4.69, 9.17) is 0 Å². The minimum absolute atomic E-state index is 0.593. The summed E-state index contributed by atoms with van der Waals surface area (Å²) in [4.78, 5) is 6.91. The fourth-order valence-corrected chi connectivity index (χ4v) is 3.47. The van der Waals surface area contributed by atoms with Gasteiger partial charge in [-0.1, -0.05) is 6.42 Å². The van der Waals surface area contributed by atoms with Crippen molar-refractivity contribution in [3.8, 4) is 0 Å². The van der Waals surface area contributed by atoms with Crippen LogP contribution in [-0.2, 0) is 0 Å². The molecule has 2 aliphatic rings. The van der Waals surface area contributed by atoms with Gasteiger partial charge in [-0.3, -0.25) is 4.90 Å². The average molecular weight is 296 g/mol. The predicted octanol–water partition coefficient (Wildman–Crippen LogP) is 2.88. The van der Waals surface area contributed by atoms with Crippen LogP contribution >= 0.6 is 15.9 Å². The monoisotopic (exact) mass is 295 g/mol. The molecule has 92 valence electrons. The second-order valence-electron chi connectivity index (χ2n) is 4.98. The van der Waals surface area contributed by atoms with E-state index >= 15 is 0 Å². The van der Waals surface area contributed by atoms with Crippen molar-refractivity contribution in [2.75, 3.05) is 18.4 Å². The fraction of sp³-hybridized carbons (Fsp3) is 0.615. The van der Waals surface area contributed by atoms with E-state index in [1.165, 1.54) is 38.8 Å². The molecule has 0 aliphatic carbocycles. The fourth-order valence-electron chi connectivity index (χ4n) is 3.11. The molecule has 2 saturated heterocycles. The zero-order valence-electron chi connectivity index (χ0n) is 9.90. The van der Waals surface area contributed by atoms with Gasteiger partial charge in [-0.25, -0.2) is 4.98 Å². The summed E-state index contributed by atoms with van der Waals surface area (Å²) in [6, 6.07) is 5.41. The highest BCUT2D eigenvalue weighted by molar-refractivity contribution is 9.10. The summed E-state index contributed by atoms with van der Waals surface area (Å²) in [6.45, 7) is 2.54. The van der Waals surface area contributed by atoms with Crippen LogP contribution in [0.4, 0.5) is 5.69 Å². The highest BCUT2D eigenvalue weighted by Gasteiger charge is 2.35. The molecule has 2 unspecified atom stereocenters. The lowest BCUT2D eigenvalue weighted by atomic mass is 9.99. The van der Waals surface area contributed by atoms with Crippen molar-refractivity contribution >= 4 is 21.6 Å². The molecule has 3 nitrogen and oxygen atoms in total. The van der Waals surface area contributed by atoms with Crippen molar-refractivity contribution in [3.63, 3.8) is 0 Å². The Hall–Kier alpha value is -0.610. The van der Waals surface area contributed by atoms with Crippen molar-refractivity contribution in [1.29, 1.82) is 0 Å². The topological polar surface area (TPSA) is 28.2 Å². The Kier molecular flexibility index (Phi) is 3.34. The van der Waals surface area contributed by atoms with Gasteiger partial charge in [0.05, 0.1) is 5.69 Å². The molecule has 0 bridgehead atoms. The lowest BCUT2D eigenvalue weighted by Gasteiger charge is -2.33. The Morgan fingerprint density at radius 1 is 1.29 bits per heavy atom. The summed E-state index contributed by atoms with van der Waals surface area (Å²) in [7, 11) is 0. The Labute approximate surface area is 111 Å². The normalized spacial score (nSPS) is 29.0. The van der Waals surface area contributed by atoms with Crippen molar-refractivity contribution in [2.45, 2.75) is 37.8 Å². The first-order valence-electron chi connectivity index (χ1n) is 6.46. The van der Waals surface area contributed by atoms with Gasteiger partial charge in [0.15, 0.2) is 0 Å². The van der Waals surface area contributed by atoms with E-state index in [0.29, 0.717) is 6.04 Å². The first-order chi connectivity index (χ1) is 8.34. The van der Waals surface area contributed by atoms with Gasteiger partial charge in [-0.15, -0.1) is 0 Å². The van der Waals surface area contributed by atoms with Gasteiger partial charge < -0.3 is 5.32 Å². The highest BCUT2D eigenvalue weighted by atomic mass is 79.9. The van der Waals surface area contributed by atoms with Gasteiger partial charge in [0, 0.05) is 24.8 Å². The minimum atomic E-state index is 0.593. The molecule has 1 aromatic rings. The molecule has 0 radical (unpaired) electrons. The maximum absolute atomic E-state index is 4.27. The van der Waals surface area contributed by atoms with Crippen LogP contribution in [0.25, 0.3) is 0 Å². The molecular weight excluding hydrogens is 278 g/mol. The van der Waals surface area contributed by atoms with E-state index in [1.807, 2.05) is 12.3 Å². The van der Waals surface area contributed by atoms with Crippen LogP contribution in [0.15, 0.2) is 22.9 Å². The van der Waals surface area contributed by atoms with Crippen LogP contribution in [0.2, 0.25) is 0 Å². The predicted molar refractivity (Wildman–Crippen MR) is 73.2 cm³/mol. The van der Waals surface area contributed by atoms with E-state index in [1.54, 1.807) is 0 Å². The minimum Gasteiger partial charge on any atom is -0.378 e. The summed E-state index contributed by atoms with van der Waals surface area (Å²) in [6.07, 6.45) is 7.17. The second kappa shape index (κ2) is 4.94. The summed E-state index contributed by atoms with van der Waals surface area (Å²) in [5.74, 6) is 0. The summed E-state index contributed by atoms with van der Waals surface area (Å²) >= 11 is 3.50. The molecule has 2 aliphatic heterocycles. The van der Waals surface area contributed by atoms with Crippen LogP contribution in [0.5, 0.6) is 0 Å². The van der Waals surface area contributed by atoms with Gasteiger partial charge in [0.1, 0.15) is 4.60 Å². The second-order valence-corrected chi connectivity index (χ2v) is 5.73. The van der Waals surface area contributed by atoms with Gasteiger partial charge in [-0.05, 0) is 53.9 Å². The number of fused-ring (bicyclic) bond motifs is 1. The molecule has 2 fully saturated rings. The highest BCUT2D eigenvalue weighted by Crippen LogP contribution is 2.30. The van der Waals surface area contributed by atoms with E-state index in [0.717, 1.165) is 16.3 Å². The average Bonchev–Trinajstić information content (AvgIpc) is 2.76. The Morgan fingerprint density at radius 3 is 3.12 bits per heavy atom. The lowest BCUT2D eigenvalue weighted by Crippen LogP contribution is -2.41. The third-order valence-corrected chi connectivity index (χ3v) is 4.59. The molecule has 0 amide bonds. The Bertz CT molecular complexity index is 396. The van der Waals surface area contributed by atoms with Crippen molar-refractivity contribution in [3.05, 3.63) is 22.9 Å². The number of piperidine rings is 1. The first-order valence-corrected chi connectivity index (χ1v) is 7.25. The Balaban J connectivity index is 1.71. The number of aromatic nitrogens is 1. The number of nitrogens with zero attached hydrogens (tertiary/aromatic N) is 2.